The standard InChI is InChI=1S/C13H17F3N2O2/c14-13(15,16)8-18(7-10-2-1-5-20-10)12(19)6-11(17)9-3-4-9/h1-2,5,9,11H,3-4,6-8,17H2. The largest absolute Gasteiger partial charge is 0.467 e. The van der Waals surface area contributed by atoms with Crippen LogP contribution >= 0.6 is 0 Å². The molecule has 0 aliphatic heterocycles. The van der Waals surface area contributed by atoms with E-state index in [9.17, 15) is 18.0 Å². The van der Waals surface area contributed by atoms with Gasteiger partial charge >= 0.3 is 6.18 Å². The highest BCUT2D eigenvalue weighted by molar-refractivity contribution is 5.77. The lowest BCUT2D eigenvalue weighted by Gasteiger charge is -2.24. The summed E-state index contributed by atoms with van der Waals surface area (Å²) in [6, 6.07) is 2.76. The summed E-state index contributed by atoms with van der Waals surface area (Å²) in [6.07, 6.45) is -1.23. The molecule has 1 aromatic heterocycles. The van der Waals surface area contributed by atoms with Crippen molar-refractivity contribution in [3.05, 3.63) is 24.2 Å². The molecule has 7 heteroatoms. The predicted molar refractivity (Wildman–Crippen MR) is 65.5 cm³/mol. The number of nitrogens with zero attached hydrogens (tertiary/aromatic N) is 1. The molecule has 1 saturated carbocycles. The fourth-order valence-electron chi connectivity index (χ4n) is 2.06. The Hall–Kier alpha value is -1.50. The quantitative estimate of drug-likeness (QED) is 0.874. The molecule has 0 radical (unpaired) electrons. The molecule has 0 spiro atoms. The SMILES string of the molecule is NC(CC(=O)N(Cc1ccco1)CC(F)(F)F)C1CC1. The Bertz CT molecular complexity index is 441. The number of halogens is 3. The van der Waals surface area contributed by atoms with Crippen LogP contribution in [-0.2, 0) is 11.3 Å². The third-order valence-corrected chi connectivity index (χ3v) is 3.29. The van der Waals surface area contributed by atoms with Crippen LogP contribution in [0.1, 0.15) is 25.0 Å². The van der Waals surface area contributed by atoms with E-state index < -0.39 is 18.6 Å². The van der Waals surface area contributed by atoms with E-state index in [-0.39, 0.29) is 24.9 Å². The van der Waals surface area contributed by atoms with Gasteiger partial charge in [0.2, 0.25) is 5.91 Å². The normalized spacial score (nSPS) is 17.0. The molecule has 4 nitrogen and oxygen atoms in total. The first-order chi connectivity index (χ1) is 9.35. The minimum Gasteiger partial charge on any atom is -0.467 e. The van der Waals surface area contributed by atoms with Gasteiger partial charge in [-0.05, 0) is 30.9 Å². The number of rotatable bonds is 6. The van der Waals surface area contributed by atoms with E-state index >= 15 is 0 Å². The predicted octanol–water partition coefficient (Wildman–Crippen LogP) is 2.30. The molecule has 2 rings (SSSR count). The number of hydrogen-bond donors (Lipinski definition) is 1. The van der Waals surface area contributed by atoms with Crippen LogP contribution in [0.3, 0.4) is 0 Å². The van der Waals surface area contributed by atoms with E-state index in [4.69, 9.17) is 10.2 Å². The van der Waals surface area contributed by atoms with Crippen molar-refractivity contribution in [3.8, 4) is 0 Å². The molecular weight excluding hydrogens is 273 g/mol. The van der Waals surface area contributed by atoms with Gasteiger partial charge in [0.1, 0.15) is 12.3 Å². The van der Waals surface area contributed by atoms with Gasteiger partial charge in [0, 0.05) is 12.5 Å². The third-order valence-electron chi connectivity index (χ3n) is 3.29. The number of furan rings is 1. The first-order valence-corrected chi connectivity index (χ1v) is 6.47. The zero-order valence-electron chi connectivity index (χ0n) is 10.9. The van der Waals surface area contributed by atoms with Crippen molar-refractivity contribution in [2.24, 2.45) is 11.7 Å². The van der Waals surface area contributed by atoms with Crippen LogP contribution in [0, 0.1) is 5.92 Å². The Morgan fingerprint density at radius 2 is 2.20 bits per heavy atom. The highest BCUT2D eigenvalue weighted by Gasteiger charge is 2.36. The molecule has 0 saturated heterocycles. The lowest BCUT2D eigenvalue weighted by molar-refractivity contribution is -0.163. The summed E-state index contributed by atoms with van der Waals surface area (Å²) < 4.78 is 42.6. The van der Waals surface area contributed by atoms with Crippen molar-refractivity contribution in [2.75, 3.05) is 6.54 Å². The average Bonchev–Trinajstić information content (AvgIpc) is 3.06. The van der Waals surface area contributed by atoms with Crippen molar-refractivity contribution in [1.82, 2.24) is 4.90 Å². The van der Waals surface area contributed by atoms with E-state index in [1.165, 1.54) is 12.3 Å². The molecule has 20 heavy (non-hydrogen) atoms. The molecule has 1 fully saturated rings. The highest BCUT2D eigenvalue weighted by atomic mass is 19.4. The minimum atomic E-state index is -4.44. The van der Waals surface area contributed by atoms with Crippen molar-refractivity contribution < 1.29 is 22.4 Å². The molecular formula is C13H17F3N2O2. The molecule has 1 aromatic rings. The van der Waals surface area contributed by atoms with Gasteiger partial charge in [0.25, 0.3) is 0 Å². The topological polar surface area (TPSA) is 59.5 Å². The number of carbonyl (C=O) groups excluding carboxylic acids is 1. The minimum absolute atomic E-state index is 0.0541. The molecule has 1 amide bonds. The fourth-order valence-corrected chi connectivity index (χ4v) is 2.06. The van der Waals surface area contributed by atoms with Crippen molar-refractivity contribution in [2.45, 2.75) is 38.0 Å². The van der Waals surface area contributed by atoms with Gasteiger partial charge in [-0.25, -0.2) is 0 Å². The van der Waals surface area contributed by atoms with Gasteiger partial charge in [-0.15, -0.1) is 0 Å². The molecule has 112 valence electrons. The number of amides is 1. The van der Waals surface area contributed by atoms with Crippen LogP contribution in [0.15, 0.2) is 22.8 Å². The first kappa shape index (κ1) is 14.9. The second-order valence-electron chi connectivity index (χ2n) is 5.15. The summed E-state index contributed by atoms with van der Waals surface area (Å²) in [5, 5.41) is 0. The van der Waals surface area contributed by atoms with E-state index in [1.807, 2.05) is 0 Å². The Morgan fingerprint density at radius 3 is 2.70 bits per heavy atom. The monoisotopic (exact) mass is 290 g/mol. The Kier molecular flexibility index (Phi) is 4.37. The van der Waals surface area contributed by atoms with Crippen LogP contribution < -0.4 is 5.73 Å². The molecule has 0 aromatic carbocycles. The second-order valence-corrected chi connectivity index (χ2v) is 5.15. The number of hydrogen-bond acceptors (Lipinski definition) is 3. The number of alkyl halides is 3. The Morgan fingerprint density at radius 1 is 1.50 bits per heavy atom. The summed E-state index contributed by atoms with van der Waals surface area (Å²) in [5.74, 6) is 0.0102. The molecule has 1 aliphatic rings. The van der Waals surface area contributed by atoms with Crippen LogP contribution in [0.2, 0.25) is 0 Å². The zero-order valence-corrected chi connectivity index (χ0v) is 10.9. The highest BCUT2D eigenvalue weighted by Crippen LogP contribution is 2.33. The van der Waals surface area contributed by atoms with E-state index in [2.05, 4.69) is 0 Å². The van der Waals surface area contributed by atoms with Crippen LogP contribution in [0.25, 0.3) is 0 Å². The van der Waals surface area contributed by atoms with E-state index in [1.54, 1.807) is 6.07 Å². The van der Waals surface area contributed by atoms with Crippen molar-refractivity contribution in [1.29, 1.82) is 0 Å². The van der Waals surface area contributed by atoms with Gasteiger partial charge in [-0.1, -0.05) is 0 Å². The number of nitrogens with two attached hydrogens (primary N) is 1. The molecule has 0 bridgehead atoms. The van der Waals surface area contributed by atoms with Crippen molar-refractivity contribution in [3.63, 3.8) is 0 Å². The smallest absolute Gasteiger partial charge is 0.406 e. The van der Waals surface area contributed by atoms with Gasteiger partial charge in [-0.2, -0.15) is 13.2 Å². The number of carbonyl (C=O) groups is 1. The Labute approximate surface area is 114 Å². The third kappa shape index (κ3) is 4.56. The lowest BCUT2D eigenvalue weighted by Crippen LogP contribution is -2.41. The van der Waals surface area contributed by atoms with Gasteiger partial charge < -0.3 is 15.1 Å². The summed E-state index contributed by atoms with van der Waals surface area (Å²) in [7, 11) is 0. The van der Waals surface area contributed by atoms with E-state index in [0.29, 0.717) is 5.76 Å². The molecule has 1 aliphatic carbocycles. The first-order valence-electron chi connectivity index (χ1n) is 6.47. The van der Waals surface area contributed by atoms with E-state index in [0.717, 1.165) is 17.7 Å². The Balaban J connectivity index is 1.98. The maximum absolute atomic E-state index is 12.5. The van der Waals surface area contributed by atoms with Crippen LogP contribution in [0.4, 0.5) is 13.2 Å². The van der Waals surface area contributed by atoms with Crippen LogP contribution in [-0.4, -0.2) is 29.6 Å². The molecule has 1 unspecified atom stereocenters. The van der Waals surface area contributed by atoms with Crippen LogP contribution in [0.5, 0.6) is 0 Å². The molecule has 1 heterocycles. The van der Waals surface area contributed by atoms with Gasteiger partial charge in [0.15, 0.2) is 0 Å². The molecule has 2 N–H and O–H groups in total. The zero-order chi connectivity index (χ0) is 14.8. The maximum atomic E-state index is 12.5. The summed E-state index contributed by atoms with van der Waals surface area (Å²) in [6.45, 7) is -1.48. The van der Waals surface area contributed by atoms with Gasteiger partial charge in [0.05, 0.1) is 12.8 Å². The van der Waals surface area contributed by atoms with Gasteiger partial charge in [-0.3, -0.25) is 4.79 Å². The lowest BCUT2D eigenvalue weighted by atomic mass is 10.1. The average molecular weight is 290 g/mol. The van der Waals surface area contributed by atoms with Crippen molar-refractivity contribution >= 4 is 5.91 Å². The second kappa shape index (κ2) is 5.87. The fraction of sp³-hybridized carbons (Fsp3) is 0.615. The maximum Gasteiger partial charge on any atom is 0.406 e. The molecule has 1 atom stereocenters. The summed E-state index contributed by atoms with van der Waals surface area (Å²) >= 11 is 0. The summed E-state index contributed by atoms with van der Waals surface area (Å²) in [5.41, 5.74) is 5.80. The summed E-state index contributed by atoms with van der Waals surface area (Å²) in [4.78, 5) is 12.7.